The third kappa shape index (κ3) is 3.19. The highest BCUT2D eigenvalue weighted by molar-refractivity contribution is 5.62. The lowest BCUT2D eigenvalue weighted by atomic mass is 10.2. The third-order valence-corrected chi connectivity index (χ3v) is 2.55. The number of nitrogens with zero attached hydrogens (tertiary/aromatic N) is 2. The molecule has 9 heteroatoms. The summed E-state index contributed by atoms with van der Waals surface area (Å²) >= 11 is 0. The molecule has 1 heterocycles. The number of aromatic nitrogens is 1. The van der Waals surface area contributed by atoms with E-state index in [9.17, 15) is 23.3 Å². The molecule has 0 aliphatic rings. The van der Waals surface area contributed by atoms with E-state index >= 15 is 0 Å². The van der Waals surface area contributed by atoms with Crippen molar-refractivity contribution in [2.45, 2.75) is 0 Å². The van der Waals surface area contributed by atoms with E-state index in [4.69, 9.17) is 0 Å². The van der Waals surface area contributed by atoms with E-state index in [2.05, 4.69) is 15.6 Å². The fraction of sp³-hybridized carbons (Fsp3) is 0.0833. The van der Waals surface area contributed by atoms with Gasteiger partial charge in [0.25, 0.3) is 5.69 Å². The zero-order chi connectivity index (χ0) is 15.6. The molecule has 0 radical (unpaired) electrons. The minimum Gasteiger partial charge on any atom is -0.373 e. The predicted molar refractivity (Wildman–Crippen MR) is 70.0 cm³/mol. The molecule has 0 saturated heterocycles. The summed E-state index contributed by atoms with van der Waals surface area (Å²) in [4.78, 5) is 14.0. The summed E-state index contributed by atoms with van der Waals surface area (Å²) in [7, 11) is 1.49. The number of rotatable bonds is 4. The van der Waals surface area contributed by atoms with Crippen LogP contribution in [0.1, 0.15) is 0 Å². The molecule has 1 aromatic heterocycles. The van der Waals surface area contributed by atoms with Crippen LogP contribution in [0, 0.1) is 27.6 Å². The zero-order valence-electron chi connectivity index (χ0n) is 10.7. The normalized spacial score (nSPS) is 10.3. The third-order valence-electron chi connectivity index (χ3n) is 2.55. The standard InChI is InChI=1S/C12H9F3N4O2/c1-16-11-2-6(19(20)21)3-12(18-11)17-10-5-8(14)7(13)4-9(10)15/h2-5H,1H3,(H2,16,17,18). The quantitative estimate of drug-likeness (QED) is 0.515. The van der Waals surface area contributed by atoms with Gasteiger partial charge in [-0.1, -0.05) is 0 Å². The molecule has 0 atom stereocenters. The first-order valence-electron chi connectivity index (χ1n) is 5.66. The smallest absolute Gasteiger partial charge is 0.276 e. The van der Waals surface area contributed by atoms with E-state index in [0.717, 1.165) is 6.07 Å². The Hall–Kier alpha value is -2.84. The van der Waals surface area contributed by atoms with Crippen molar-refractivity contribution < 1.29 is 18.1 Å². The SMILES string of the molecule is CNc1cc([N+](=O)[O-])cc(Nc2cc(F)c(F)cc2F)n1. The Kier molecular flexibility index (Phi) is 3.92. The Morgan fingerprint density at radius 1 is 1.05 bits per heavy atom. The van der Waals surface area contributed by atoms with Gasteiger partial charge in [0.2, 0.25) is 0 Å². The Bertz CT molecular complexity index is 709. The molecule has 110 valence electrons. The van der Waals surface area contributed by atoms with Crippen molar-refractivity contribution in [3.05, 3.63) is 51.8 Å². The van der Waals surface area contributed by atoms with Crippen molar-refractivity contribution >= 4 is 23.0 Å². The van der Waals surface area contributed by atoms with Crippen LogP contribution in [0.3, 0.4) is 0 Å². The van der Waals surface area contributed by atoms with Crippen LogP contribution < -0.4 is 10.6 Å². The van der Waals surface area contributed by atoms with Gasteiger partial charge in [-0.3, -0.25) is 10.1 Å². The summed E-state index contributed by atoms with van der Waals surface area (Å²) < 4.78 is 39.4. The van der Waals surface area contributed by atoms with E-state index in [1.807, 2.05) is 0 Å². The molecule has 0 fully saturated rings. The average molecular weight is 298 g/mol. The fourth-order valence-corrected chi connectivity index (χ4v) is 1.57. The van der Waals surface area contributed by atoms with Crippen LogP contribution >= 0.6 is 0 Å². The van der Waals surface area contributed by atoms with Crippen molar-refractivity contribution in [1.82, 2.24) is 4.98 Å². The van der Waals surface area contributed by atoms with Crippen molar-refractivity contribution in [1.29, 1.82) is 0 Å². The first kappa shape index (κ1) is 14.6. The lowest BCUT2D eigenvalue weighted by Crippen LogP contribution is -2.02. The van der Waals surface area contributed by atoms with Gasteiger partial charge in [0.15, 0.2) is 11.6 Å². The second-order valence-corrected chi connectivity index (χ2v) is 3.97. The number of halogens is 3. The van der Waals surface area contributed by atoms with Crippen LogP contribution in [-0.4, -0.2) is 17.0 Å². The summed E-state index contributed by atoms with van der Waals surface area (Å²) in [6.45, 7) is 0. The van der Waals surface area contributed by atoms with Crippen molar-refractivity contribution in [3.8, 4) is 0 Å². The molecule has 2 N–H and O–H groups in total. The topological polar surface area (TPSA) is 80.1 Å². The first-order valence-corrected chi connectivity index (χ1v) is 5.66. The van der Waals surface area contributed by atoms with Gasteiger partial charge < -0.3 is 10.6 Å². The average Bonchev–Trinajstić information content (AvgIpc) is 2.44. The minimum atomic E-state index is -1.33. The molecule has 21 heavy (non-hydrogen) atoms. The van der Waals surface area contributed by atoms with Crippen molar-refractivity contribution in [2.24, 2.45) is 0 Å². The number of nitro groups is 1. The summed E-state index contributed by atoms with van der Waals surface area (Å²) in [5.74, 6) is -3.56. The molecule has 0 saturated carbocycles. The molecule has 0 bridgehead atoms. The molecule has 0 spiro atoms. The monoisotopic (exact) mass is 298 g/mol. The second-order valence-electron chi connectivity index (χ2n) is 3.97. The number of hydrogen-bond acceptors (Lipinski definition) is 5. The molecule has 0 unspecified atom stereocenters. The van der Waals surface area contributed by atoms with Gasteiger partial charge in [-0.15, -0.1) is 0 Å². The molecule has 6 nitrogen and oxygen atoms in total. The van der Waals surface area contributed by atoms with Gasteiger partial charge in [-0.05, 0) is 0 Å². The summed E-state index contributed by atoms with van der Waals surface area (Å²) in [6.07, 6.45) is 0. The Morgan fingerprint density at radius 2 is 1.67 bits per heavy atom. The number of pyridine rings is 1. The van der Waals surface area contributed by atoms with Gasteiger partial charge in [-0.2, -0.15) is 0 Å². The largest absolute Gasteiger partial charge is 0.373 e. The van der Waals surface area contributed by atoms with Crippen LogP contribution in [-0.2, 0) is 0 Å². The van der Waals surface area contributed by atoms with Gasteiger partial charge in [0.1, 0.15) is 17.5 Å². The van der Waals surface area contributed by atoms with E-state index in [1.165, 1.54) is 13.1 Å². The highest BCUT2D eigenvalue weighted by Gasteiger charge is 2.14. The summed E-state index contributed by atoms with van der Waals surface area (Å²) in [5.41, 5.74) is -0.677. The number of benzene rings is 1. The summed E-state index contributed by atoms with van der Waals surface area (Å²) in [6, 6.07) is 3.19. The van der Waals surface area contributed by atoms with Crippen LogP contribution in [0.2, 0.25) is 0 Å². The predicted octanol–water partition coefficient (Wildman–Crippen LogP) is 3.19. The maximum absolute atomic E-state index is 13.5. The van der Waals surface area contributed by atoms with Gasteiger partial charge >= 0.3 is 0 Å². The lowest BCUT2D eigenvalue weighted by molar-refractivity contribution is -0.384. The second kappa shape index (κ2) is 5.65. The van der Waals surface area contributed by atoms with Crippen molar-refractivity contribution in [2.75, 3.05) is 17.7 Å². The molecular formula is C12H9F3N4O2. The number of hydrogen-bond donors (Lipinski definition) is 2. The first-order chi connectivity index (χ1) is 9.90. The molecule has 2 aromatic rings. The Balaban J connectivity index is 2.41. The van der Waals surface area contributed by atoms with E-state index in [0.29, 0.717) is 12.1 Å². The summed E-state index contributed by atoms with van der Waals surface area (Å²) in [5, 5.41) is 15.8. The lowest BCUT2D eigenvalue weighted by Gasteiger charge is -2.09. The highest BCUT2D eigenvalue weighted by atomic mass is 19.2. The van der Waals surface area contributed by atoms with Gasteiger partial charge in [-0.25, -0.2) is 18.2 Å². The molecule has 1 aromatic carbocycles. The van der Waals surface area contributed by atoms with Crippen LogP contribution in [0.25, 0.3) is 0 Å². The van der Waals surface area contributed by atoms with Crippen LogP contribution in [0.4, 0.5) is 36.2 Å². The molecule has 0 amide bonds. The highest BCUT2D eigenvalue weighted by Crippen LogP contribution is 2.25. The fourth-order valence-electron chi connectivity index (χ4n) is 1.57. The van der Waals surface area contributed by atoms with Gasteiger partial charge in [0.05, 0.1) is 22.7 Å². The van der Waals surface area contributed by atoms with E-state index in [1.54, 1.807) is 0 Å². The molecule has 2 rings (SSSR count). The maximum Gasteiger partial charge on any atom is 0.276 e. The van der Waals surface area contributed by atoms with Crippen LogP contribution in [0.15, 0.2) is 24.3 Å². The zero-order valence-corrected chi connectivity index (χ0v) is 10.7. The number of nitrogens with one attached hydrogen (secondary N) is 2. The maximum atomic E-state index is 13.5. The van der Waals surface area contributed by atoms with Gasteiger partial charge in [0, 0.05) is 19.2 Å². The Morgan fingerprint density at radius 3 is 2.29 bits per heavy atom. The Labute approximate surface area is 116 Å². The number of anilines is 3. The molecular weight excluding hydrogens is 289 g/mol. The molecule has 0 aliphatic heterocycles. The van der Waals surface area contributed by atoms with E-state index in [-0.39, 0.29) is 23.0 Å². The van der Waals surface area contributed by atoms with E-state index < -0.39 is 22.4 Å². The minimum absolute atomic E-state index is 0.0848. The molecule has 0 aliphatic carbocycles. The van der Waals surface area contributed by atoms with Crippen molar-refractivity contribution in [3.63, 3.8) is 0 Å². The van der Waals surface area contributed by atoms with Crippen LogP contribution in [0.5, 0.6) is 0 Å².